The van der Waals surface area contributed by atoms with Crippen molar-refractivity contribution in [2.24, 2.45) is 4.99 Å². The number of nitrogens with one attached hydrogen (secondary N) is 2. The Kier molecular flexibility index (Phi) is 6.02. The molecule has 2 aromatic carbocycles. The maximum Gasteiger partial charge on any atom is 0.257 e. The summed E-state index contributed by atoms with van der Waals surface area (Å²) in [6.07, 6.45) is 2.20. The zero-order chi connectivity index (χ0) is 18.4. The average molecular weight is 351 g/mol. The predicted octanol–water partition coefficient (Wildman–Crippen LogP) is 3.68. The molecule has 0 bridgehead atoms. The van der Waals surface area contributed by atoms with Gasteiger partial charge in [0.15, 0.2) is 0 Å². The quantitative estimate of drug-likeness (QED) is 0.652. The van der Waals surface area contributed by atoms with E-state index in [9.17, 15) is 4.79 Å². The third-order valence-electron chi connectivity index (χ3n) is 4.60. The normalized spacial score (nSPS) is 17.2. The number of ether oxygens (including phenoxy) is 1. The fraction of sp³-hybridized carbons (Fsp3) is 0.333. The molecular formula is C21H25N3O2. The second-order valence-corrected chi connectivity index (χ2v) is 6.52. The van der Waals surface area contributed by atoms with E-state index in [1.165, 1.54) is 5.56 Å². The van der Waals surface area contributed by atoms with Crippen LogP contribution in [0.3, 0.4) is 0 Å². The highest BCUT2D eigenvalue weighted by atomic mass is 16.5. The topological polar surface area (TPSA) is 62.7 Å². The second-order valence-electron chi connectivity index (χ2n) is 6.52. The molecular weight excluding hydrogens is 326 g/mol. The number of carbonyl (C=O) groups excluding carboxylic acids is 1. The van der Waals surface area contributed by atoms with Gasteiger partial charge in [0.1, 0.15) is 0 Å². The van der Waals surface area contributed by atoms with Crippen LogP contribution in [0.2, 0.25) is 0 Å². The average Bonchev–Trinajstić information content (AvgIpc) is 3.17. The van der Waals surface area contributed by atoms with Gasteiger partial charge in [0, 0.05) is 17.9 Å². The van der Waals surface area contributed by atoms with E-state index in [1.54, 1.807) is 12.1 Å². The molecule has 2 N–H and O–H groups in total. The summed E-state index contributed by atoms with van der Waals surface area (Å²) in [5.41, 5.74) is 3.85. The minimum atomic E-state index is -0.186. The first-order chi connectivity index (χ1) is 12.6. The summed E-state index contributed by atoms with van der Waals surface area (Å²) in [6.45, 7) is 5.43. The first-order valence-corrected chi connectivity index (χ1v) is 8.99. The molecule has 136 valence electrons. The molecule has 0 aliphatic carbocycles. The van der Waals surface area contributed by atoms with Crippen LogP contribution < -0.4 is 10.6 Å². The Morgan fingerprint density at radius 1 is 1.15 bits per heavy atom. The van der Waals surface area contributed by atoms with Gasteiger partial charge in [0.2, 0.25) is 5.96 Å². The highest BCUT2D eigenvalue weighted by molar-refractivity contribution is 6.10. The number of aliphatic imine (C=N–C) groups is 1. The lowest BCUT2D eigenvalue weighted by molar-refractivity contribution is 0.0975. The number of rotatable bonds is 4. The van der Waals surface area contributed by atoms with Crippen LogP contribution in [0.15, 0.2) is 53.5 Å². The summed E-state index contributed by atoms with van der Waals surface area (Å²) in [4.78, 5) is 17.1. The van der Waals surface area contributed by atoms with Crippen LogP contribution in [0.5, 0.6) is 0 Å². The number of benzene rings is 2. The monoisotopic (exact) mass is 351 g/mol. The maximum absolute atomic E-state index is 12.5. The predicted molar refractivity (Wildman–Crippen MR) is 105 cm³/mol. The van der Waals surface area contributed by atoms with Crippen LogP contribution in [0.4, 0.5) is 5.69 Å². The van der Waals surface area contributed by atoms with E-state index in [0.717, 1.165) is 30.7 Å². The number of aryl methyl sites for hydroxylation is 1. The summed E-state index contributed by atoms with van der Waals surface area (Å²) in [7, 11) is 0. The van der Waals surface area contributed by atoms with E-state index in [1.807, 2.05) is 37.3 Å². The van der Waals surface area contributed by atoms with E-state index in [0.29, 0.717) is 18.1 Å². The Morgan fingerprint density at radius 3 is 2.69 bits per heavy atom. The van der Waals surface area contributed by atoms with Crippen molar-refractivity contribution in [3.63, 3.8) is 0 Å². The van der Waals surface area contributed by atoms with Crippen molar-refractivity contribution >= 4 is 17.6 Å². The lowest BCUT2D eigenvalue weighted by Crippen LogP contribution is -2.37. The van der Waals surface area contributed by atoms with Gasteiger partial charge < -0.3 is 10.1 Å². The van der Waals surface area contributed by atoms with Crippen LogP contribution in [0.25, 0.3) is 0 Å². The number of amides is 1. The van der Waals surface area contributed by atoms with Gasteiger partial charge in [-0.15, -0.1) is 0 Å². The van der Waals surface area contributed by atoms with E-state index in [4.69, 9.17) is 4.74 Å². The molecule has 0 saturated carbocycles. The number of hydrogen-bond acceptors (Lipinski definition) is 3. The molecule has 1 aliphatic rings. The summed E-state index contributed by atoms with van der Waals surface area (Å²) < 4.78 is 5.64. The third kappa shape index (κ3) is 4.70. The molecule has 1 heterocycles. The van der Waals surface area contributed by atoms with Crippen molar-refractivity contribution in [3.05, 3.63) is 65.2 Å². The molecule has 0 unspecified atom stereocenters. The van der Waals surface area contributed by atoms with Crippen LogP contribution in [-0.4, -0.2) is 31.1 Å². The highest BCUT2D eigenvalue weighted by Gasteiger charge is 2.16. The van der Waals surface area contributed by atoms with Crippen LogP contribution in [0.1, 0.15) is 34.3 Å². The smallest absolute Gasteiger partial charge is 0.257 e. The molecule has 0 radical (unpaired) electrons. The Labute approximate surface area is 154 Å². The van der Waals surface area contributed by atoms with Gasteiger partial charge in [-0.25, -0.2) is 4.99 Å². The molecule has 2 aromatic rings. The zero-order valence-corrected chi connectivity index (χ0v) is 15.3. The fourth-order valence-corrected chi connectivity index (χ4v) is 2.88. The Bertz CT molecular complexity index is 781. The number of guanidine groups is 1. The lowest BCUT2D eigenvalue weighted by atomic mass is 10.1. The summed E-state index contributed by atoms with van der Waals surface area (Å²) in [5, 5.41) is 6.17. The van der Waals surface area contributed by atoms with Gasteiger partial charge in [-0.2, -0.15) is 0 Å². The fourth-order valence-electron chi connectivity index (χ4n) is 2.88. The first kappa shape index (κ1) is 18.1. The Balaban J connectivity index is 1.77. The van der Waals surface area contributed by atoms with Crippen molar-refractivity contribution in [1.82, 2.24) is 5.32 Å². The number of anilines is 1. The number of carbonyl (C=O) groups is 1. The lowest BCUT2D eigenvalue weighted by Gasteiger charge is -2.15. The van der Waals surface area contributed by atoms with Gasteiger partial charge in [0.05, 0.1) is 12.6 Å². The number of hydrogen-bond donors (Lipinski definition) is 2. The minimum Gasteiger partial charge on any atom is -0.376 e. The third-order valence-corrected chi connectivity index (χ3v) is 4.60. The van der Waals surface area contributed by atoms with Gasteiger partial charge >= 0.3 is 0 Å². The Morgan fingerprint density at radius 2 is 1.96 bits per heavy atom. The second kappa shape index (κ2) is 8.63. The molecule has 1 amide bonds. The van der Waals surface area contributed by atoms with E-state index in [2.05, 4.69) is 28.6 Å². The zero-order valence-electron chi connectivity index (χ0n) is 15.3. The van der Waals surface area contributed by atoms with Crippen LogP contribution in [0, 0.1) is 13.8 Å². The van der Waals surface area contributed by atoms with Crippen molar-refractivity contribution in [2.75, 3.05) is 18.5 Å². The molecule has 3 rings (SSSR count). The maximum atomic E-state index is 12.5. The standard InChI is InChI=1S/C21H25N3O2/c1-15-8-6-12-19(16(15)2)23-21(22-14-18-11-7-13-26-18)24-20(25)17-9-4-3-5-10-17/h3-6,8-10,12,18H,7,11,13-14H2,1-2H3,(H2,22,23,24,25)/t18-/m1/s1. The van der Waals surface area contributed by atoms with E-state index in [-0.39, 0.29) is 12.0 Å². The molecule has 5 nitrogen and oxygen atoms in total. The number of nitrogens with zero attached hydrogens (tertiary/aromatic N) is 1. The molecule has 1 atom stereocenters. The Hall–Kier alpha value is -2.66. The van der Waals surface area contributed by atoms with Crippen LogP contribution >= 0.6 is 0 Å². The van der Waals surface area contributed by atoms with Crippen molar-refractivity contribution in [2.45, 2.75) is 32.8 Å². The molecule has 0 spiro atoms. The van der Waals surface area contributed by atoms with Crippen molar-refractivity contribution in [3.8, 4) is 0 Å². The highest BCUT2D eigenvalue weighted by Crippen LogP contribution is 2.18. The van der Waals surface area contributed by atoms with Gasteiger partial charge in [-0.1, -0.05) is 30.3 Å². The molecule has 1 aliphatic heterocycles. The molecule has 1 saturated heterocycles. The van der Waals surface area contributed by atoms with Gasteiger partial charge in [-0.3, -0.25) is 10.1 Å². The SMILES string of the molecule is Cc1cccc(NC(=NC[C@H]2CCCO2)NC(=O)c2ccccc2)c1C. The minimum absolute atomic E-state index is 0.124. The van der Waals surface area contributed by atoms with E-state index >= 15 is 0 Å². The molecule has 26 heavy (non-hydrogen) atoms. The summed E-state index contributed by atoms with van der Waals surface area (Å²) >= 11 is 0. The largest absolute Gasteiger partial charge is 0.376 e. The van der Waals surface area contributed by atoms with Gasteiger partial charge in [-0.05, 0) is 56.0 Å². The molecule has 5 heteroatoms. The van der Waals surface area contributed by atoms with Gasteiger partial charge in [0.25, 0.3) is 5.91 Å². The van der Waals surface area contributed by atoms with Crippen molar-refractivity contribution in [1.29, 1.82) is 0 Å². The summed E-state index contributed by atoms with van der Waals surface area (Å²) in [6, 6.07) is 15.2. The van der Waals surface area contributed by atoms with Crippen molar-refractivity contribution < 1.29 is 9.53 Å². The van der Waals surface area contributed by atoms with E-state index < -0.39 is 0 Å². The van der Waals surface area contributed by atoms with Crippen LogP contribution in [-0.2, 0) is 4.74 Å². The molecule has 0 aromatic heterocycles. The first-order valence-electron chi connectivity index (χ1n) is 8.99. The molecule has 1 fully saturated rings. The summed E-state index contributed by atoms with van der Waals surface area (Å²) in [5.74, 6) is 0.262.